The fourth-order valence-electron chi connectivity index (χ4n) is 14.1. The van der Waals surface area contributed by atoms with E-state index in [-0.39, 0.29) is 100 Å². The molecule has 6 heterocycles. The molecule has 4 amide bonds. The third-order valence-electron chi connectivity index (χ3n) is 20.5. The van der Waals surface area contributed by atoms with Crippen LogP contribution in [0, 0.1) is 23.7 Å². The molecule has 4 fully saturated rings. The number of benzene rings is 4. The summed E-state index contributed by atoms with van der Waals surface area (Å²) in [4.78, 5) is 99.8. The number of thiophene rings is 2. The van der Waals surface area contributed by atoms with E-state index in [0.29, 0.717) is 38.7 Å². The summed E-state index contributed by atoms with van der Waals surface area (Å²) < 4.78 is 0.788. The van der Waals surface area contributed by atoms with Crippen molar-refractivity contribution < 1.29 is 49.0 Å². The van der Waals surface area contributed by atoms with Crippen molar-refractivity contribution >= 4 is 114 Å². The SMILES string of the molecule is CC(C)(C)c1ccc(C(=O)N[C@@H](Cc2ccc(-c3ncc(Br)cn3)cc2)C(=O)N2CC(C(=O)O)C2)s1.CCCC1CCC(c2ccc(-c3cnc(-c4ccc(C[C@H](NC(=O)c5ccc(C(C)(C)C)s5)C(=O)N5CC(C(=O)O)C5)cc4)nc3)cc2)CC1.CCCC1CCC(c2ccc(B(O)O)cc2)CC1.S.S. The Morgan fingerprint density at radius 2 is 0.840 bits per heavy atom. The average molecular weight is 1580 g/mol. The molecule has 2 aliphatic carbocycles. The molecular formula is C82H102BBrN8O10S4. The van der Waals surface area contributed by atoms with E-state index in [1.165, 1.54) is 121 Å². The molecule has 0 radical (unpaired) electrons. The number of halogens is 1. The first-order chi connectivity index (χ1) is 49.7. The molecule has 8 aromatic rings. The molecular weight excluding hydrogens is 1480 g/mol. The molecule has 2 aliphatic heterocycles. The molecule has 564 valence electrons. The number of nitrogens with zero attached hydrogens (tertiary/aromatic N) is 6. The normalized spacial score (nSPS) is 17.9. The Balaban J connectivity index is 0.000000220. The van der Waals surface area contributed by atoms with E-state index in [2.05, 4.69) is 138 Å². The maximum Gasteiger partial charge on any atom is 0.488 e. The fourth-order valence-corrected chi connectivity index (χ4v) is 16.2. The van der Waals surface area contributed by atoms with Gasteiger partial charge < -0.3 is 40.7 Å². The zero-order chi connectivity index (χ0) is 74.4. The van der Waals surface area contributed by atoms with Crippen LogP contribution in [-0.4, -0.2) is 131 Å². The van der Waals surface area contributed by atoms with Crippen molar-refractivity contribution in [3.63, 3.8) is 0 Å². The Hall–Kier alpha value is -7.58. The molecule has 4 aromatic heterocycles. The van der Waals surface area contributed by atoms with E-state index in [4.69, 9.17) is 10.0 Å². The lowest BCUT2D eigenvalue weighted by Crippen LogP contribution is -2.59. The fraction of sp³-hybridized carbons (Fsp3) is 0.439. The first-order valence-electron chi connectivity index (χ1n) is 36.6. The van der Waals surface area contributed by atoms with Gasteiger partial charge in [-0.05, 0) is 159 Å². The topological polar surface area (TPSA) is 265 Å². The third kappa shape index (κ3) is 22.8. The monoisotopic (exact) mass is 1580 g/mol. The van der Waals surface area contributed by atoms with Crippen molar-refractivity contribution in [1.29, 1.82) is 0 Å². The maximum atomic E-state index is 13.5. The van der Waals surface area contributed by atoms with Gasteiger partial charge in [-0.25, -0.2) is 19.9 Å². The van der Waals surface area contributed by atoms with E-state index >= 15 is 0 Å². The molecule has 0 spiro atoms. The van der Waals surface area contributed by atoms with Crippen molar-refractivity contribution in [2.45, 2.75) is 180 Å². The van der Waals surface area contributed by atoms with Gasteiger partial charge in [-0.3, -0.25) is 28.8 Å². The molecule has 18 nitrogen and oxygen atoms in total. The summed E-state index contributed by atoms with van der Waals surface area (Å²) in [5, 5.41) is 42.5. The predicted octanol–water partition coefficient (Wildman–Crippen LogP) is 14.9. The highest BCUT2D eigenvalue weighted by Gasteiger charge is 2.41. The van der Waals surface area contributed by atoms with Crippen molar-refractivity contribution in [3.05, 3.63) is 192 Å². The van der Waals surface area contributed by atoms with E-state index in [0.717, 1.165) is 59.4 Å². The van der Waals surface area contributed by atoms with Crippen LogP contribution in [-0.2, 0) is 42.8 Å². The number of hydrogen-bond donors (Lipinski definition) is 6. The van der Waals surface area contributed by atoms with Crippen LogP contribution in [0.25, 0.3) is 33.9 Å². The summed E-state index contributed by atoms with van der Waals surface area (Å²) in [5.41, 5.74) is 8.66. The van der Waals surface area contributed by atoms with Crippen LogP contribution < -0.4 is 16.1 Å². The molecule has 2 saturated heterocycles. The first-order valence-corrected chi connectivity index (χ1v) is 39.0. The second-order valence-corrected chi connectivity index (χ2v) is 33.5. The summed E-state index contributed by atoms with van der Waals surface area (Å²) in [6.45, 7) is 17.7. The molecule has 2 atom stereocenters. The lowest BCUT2D eigenvalue weighted by molar-refractivity contribution is -0.155. The average Bonchev–Trinajstić information content (AvgIpc) is 1.18. The lowest BCUT2D eigenvalue weighted by Gasteiger charge is -2.38. The maximum absolute atomic E-state index is 13.5. The smallest absolute Gasteiger partial charge is 0.481 e. The van der Waals surface area contributed by atoms with Gasteiger partial charge in [0.2, 0.25) is 11.8 Å². The molecule has 6 N–H and O–H groups in total. The summed E-state index contributed by atoms with van der Waals surface area (Å²) >= 11 is 6.15. The van der Waals surface area contributed by atoms with E-state index in [1.807, 2.05) is 85.2 Å². The Labute approximate surface area is 654 Å². The number of nitrogens with one attached hydrogen (secondary N) is 2. The van der Waals surface area contributed by atoms with Gasteiger partial charge in [0, 0.05) is 90.3 Å². The number of aromatic nitrogens is 4. The van der Waals surface area contributed by atoms with E-state index < -0.39 is 43.0 Å². The number of aliphatic carboxylic acids is 2. The Morgan fingerprint density at radius 1 is 0.491 bits per heavy atom. The van der Waals surface area contributed by atoms with Crippen LogP contribution in [0.15, 0.2) is 151 Å². The number of carbonyl (C=O) groups excluding carboxylic acids is 4. The van der Waals surface area contributed by atoms with Gasteiger partial charge in [-0.1, -0.05) is 178 Å². The summed E-state index contributed by atoms with van der Waals surface area (Å²) in [7, 11) is -1.35. The van der Waals surface area contributed by atoms with Gasteiger partial charge in [0.05, 0.1) is 26.1 Å². The highest BCUT2D eigenvalue weighted by molar-refractivity contribution is 9.10. The first kappa shape index (κ1) is 84.1. The summed E-state index contributed by atoms with van der Waals surface area (Å²) in [5.74, 6) is 0.187. The second kappa shape index (κ2) is 38.5. The number of carboxylic acid groups (broad SMARTS) is 2. The van der Waals surface area contributed by atoms with Crippen LogP contribution in [0.3, 0.4) is 0 Å². The minimum absolute atomic E-state index is 0. The number of carbonyl (C=O) groups is 6. The Morgan fingerprint density at radius 3 is 1.17 bits per heavy atom. The molecule has 2 saturated carbocycles. The van der Waals surface area contributed by atoms with Crippen molar-refractivity contribution in [2.24, 2.45) is 23.7 Å². The molecule has 4 aromatic carbocycles. The van der Waals surface area contributed by atoms with Gasteiger partial charge in [0.15, 0.2) is 11.6 Å². The van der Waals surface area contributed by atoms with E-state index in [1.54, 1.807) is 24.5 Å². The van der Waals surface area contributed by atoms with Crippen LogP contribution in [0.1, 0.15) is 196 Å². The molecule has 12 rings (SSSR count). The van der Waals surface area contributed by atoms with Crippen molar-refractivity contribution in [2.75, 3.05) is 26.2 Å². The zero-order valence-corrected chi connectivity index (χ0v) is 67.1. The molecule has 24 heteroatoms. The summed E-state index contributed by atoms with van der Waals surface area (Å²) in [6.07, 6.45) is 23.5. The van der Waals surface area contributed by atoms with Crippen molar-refractivity contribution in [1.82, 2.24) is 40.4 Å². The molecule has 0 unspecified atom stereocenters. The molecule has 4 aliphatic rings. The van der Waals surface area contributed by atoms with E-state index in [9.17, 15) is 39.0 Å². The van der Waals surface area contributed by atoms with Crippen LogP contribution in [0.4, 0.5) is 0 Å². The van der Waals surface area contributed by atoms with Gasteiger partial charge in [-0.15, -0.1) is 22.7 Å². The number of rotatable bonds is 22. The standard InChI is InChI=1S/C41H48N4O4S.C26H27BrN4O4S.C15H23BO2.2H2S/c1-5-6-26-7-11-28(12-8-26)29-15-17-30(18-16-29)32-22-42-37(43-23-32)31-13-9-27(10-14-31)21-34(39(47)45-24-33(25-45)40(48)49)44-38(46)35-19-20-36(50-35)41(2,3)4;1-26(2,3)21-9-8-20(36-21)23(32)30-19(24(33)31-13-17(14-31)25(34)35)10-15-4-6-16(7-5-15)22-28-11-18(27)12-29-22;1-2-3-12-4-6-13(7-5-12)14-8-10-15(11-9-14)16(17)18;;/h9-10,13-20,22-23,26,28,33-34H,5-8,11-12,21,24-25H2,1-4H3,(H,44,46)(H,48,49);4-9,11-12,17,19H,10,13-14H2,1-3H3,(H,30,32)(H,34,35);8-13,17-18H,2-7H2,1H3;2*1H2/t26?,28?,34-;19-;;;/m00.../s1. The van der Waals surface area contributed by atoms with Gasteiger partial charge >= 0.3 is 19.1 Å². The predicted molar refractivity (Wildman–Crippen MR) is 436 cm³/mol. The molecule has 106 heavy (non-hydrogen) atoms. The highest BCUT2D eigenvalue weighted by atomic mass is 79.9. The Bertz CT molecular complexity index is 4180. The number of carboxylic acids is 2. The quantitative estimate of drug-likeness (QED) is 0.0345. The third-order valence-corrected chi connectivity index (χ3v) is 23.9. The van der Waals surface area contributed by atoms with Crippen LogP contribution in [0.2, 0.25) is 0 Å². The zero-order valence-electron chi connectivity index (χ0n) is 61.9. The second-order valence-electron chi connectivity index (χ2n) is 30.4. The minimum Gasteiger partial charge on any atom is -0.481 e. The molecule has 0 bridgehead atoms. The highest BCUT2D eigenvalue weighted by Crippen LogP contribution is 2.40. The van der Waals surface area contributed by atoms with Crippen LogP contribution >= 0.6 is 65.6 Å². The number of likely N-dealkylation sites (tertiary alicyclic amines) is 2. The van der Waals surface area contributed by atoms with Crippen LogP contribution in [0.5, 0.6) is 0 Å². The van der Waals surface area contributed by atoms with Gasteiger partial charge in [0.1, 0.15) is 12.1 Å². The largest absolute Gasteiger partial charge is 0.488 e. The van der Waals surface area contributed by atoms with Crippen molar-refractivity contribution in [3.8, 4) is 33.9 Å². The minimum atomic E-state index is -1.35. The number of amides is 4. The van der Waals surface area contributed by atoms with Gasteiger partial charge in [-0.2, -0.15) is 27.0 Å². The van der Waals surface area contributed by atoms with Gasteiger partial charge in [0.25, 0.3) is 11.8 Å². The summed E-state index contributed by atoms with van der Waals surface area (Å²) in [6, 6.07) is 37.7. The number of hydrogen-bond acceptors (Lipinski definition) is 14. The Kier molecular flexibility index (Phi) is 30.5. The lowest BCUT2D eigenvalue weighted by atomic mass is 9.75.